The minimum absolute atomic E-state index is 0.0563. The first kappa shape index (κ1) is 20.6. The molecule has 0 aliphatic heterocycles. The van der Waals surface area contributed by atoms with Gasteiger partial charge in [0.2, 0.25) is 0 Å². The smallest absolute Gasteiger partial charge is 0.289 e. The number of hydrogen-bond donors (Lipinski definition) is 0. The lowest BCUT2D eigenvalue weighted by molar-refractivity contribution is -0.143. The highest BCUT2D eigenvalue weighted by atomic mass is 79.9. The summed E-state index contributed by atoms with van der Waals surface area (Å²) in [4.78, 5) is 11.7. The zero-order valence-electron chi connectivity index (χ0n) is 12.7. The number of carbonyl (C=O) groups is 1. The van der Waals surface area contributed by atoms with E-state index in [1.165, 1.54) is 12.1 Å². The van der Waals surface area contributed by atoms with E-state index >= 15 is 0 Å². The lowest BCUT2D eigenvalue weighted by Crippen LogP contribution is -2.10. The predicted octanol–water partition coefficient (Wildman–Crippen LogP) is 6.98. The minimum atomic E-state index is -4.91. The Bertz CT molecular complexity index is 792. The first-order valence-corrected chi connectivity index (χ1v) is 8.56. The molecule has 0 aliphatic rings. The molecule has 0 spiro atoms. The van der Waals surface area contributed by atoms with Gasteiger partial charge in [-0.05, 0) is 53.9 Å². The highest BCUT2D eigenvalue weighted by Crippen LogP contribution is 2.38. The molecule has 0 atom stereocenters. The molecule has 0 radical (unpaired) electrons. The molecule has 1 nitrogen and oxygen atoms in total. The van der Waals surface area contributed by atoms with Crippen molar-refractivity contribution >= 4 is 33.5 Å². The quantitative estimate of drug-likeness (QED) is 0.214. The number of rotatable bonds is 4. The van der Waals surface area contributed by atoms with Gasteiger partial charge in [-0.25, -0.2) is 0 Å². The average molecular weight is 455 g/mol. The van der Waals surface area contributed by atoms with Gasteiger partial charge >= 0.3 is 12.4 Å². The van der Waals surface area contributed by atoms with Crippen molar-refractivity contribution in [3.8, 4) is 0 Å². The van der Waals surface area contributed by atoms with Crippen molar-refractivity contribution in [3.63, 3.8) is 0 Å². The maximum Gasteiger partial charge on any atom is 0.416 e. The Hall–Kier alpha value is -1.74. The Balaban J connectivity index is 2.23. The van der Waals surface area contributed by atoms with Crippen LogP contribution in [0.3, 0.4) is 0 Å². The number of thioether (sulfide) groups is 1. The average Bonchev–Trinajstić information content (AvgIpc) is 2.53. The first-order valence-electron chi connectivity index (χ1n) is 6.89. The largest absolute Gasteiger partial charge is 0.416 e. The van der Waals surface area contributed by atoms with Crippen LogP contribution in [0.25, 0.3) is 0 Å². The summed E-state index contributed by atoms with van der Waals surface area (Å²) in [7, 11) is 0. The number of ketones is 1. The molecule has 0 fully saturated rings. The second-order valence-corrected chi connectivity index (χ2v) is 6.93. The second-order valence-electron chi connectivity index (χ2n) is 5.03. The molecule has 2 aromatic rings. The topological polar surface area (TPSA) is 17.1 Å². The van der Waals surface area contributed by atoms with Crippen molar-refractivity contribution in [2.45, 2.75) is 17.2 Å². The van der Waals surface area contributed by atoms with Gasteiger partial charge in [-0.15, -0.1) is 0 Å². The van der Waals surface area contributed by atoms with Gasteiger partial charge in [-0.2, -0.15) is 26.3 Å². The van der Waals surface area contributed by atoms with E-state index in [-0.39, 0.29) is 11.0 Å². The third-order valence-electron chi connectivity index (χ3n) is 3.11. The lowest BCUT2D eigenvalue weighted by Gasteiger charge is -2.13. The van der Waals surface area contributed by atoms with E-state index in [1.807, 2.05) is 0 Å². The maximum absolute atomic E-state index is 12.8. The van der Waals surface area contributed by atoms with Crippen molar-refractivity contribution in [3.05, 3.63) is 75.1 Å². The third kappa shape index (κ3) is 5.63. The first-order chi connectivity index (χ1) is 12.0. The summed E-state index contributed by atoms with van der Waals surface area (Å²) in [5, 5.41) is 1.15. The Labute approximate surface area is 157 Å². The highest BCUT2D eigenvalue weighted by molar-refractivity contribution is 9.10. The normalized spacial score (nSPS) is 12.6. The Kier molecular flexibility index (Phi) is 6.23. The van der Waals surface area contributed by atoms with E-state index in [1.54, 1.807) is 12.1 Å². The second kappa shape index (κ2) is 7.87. The zero-order valence-corrected chi connectivity index (χ0v) is 15.1. The number of benzene rings is 2. The van der Waals surface area contributed by atoms with Crippen molar-refractivity contribution in [2.24, 2.45) is 0 Å². The molecule has 2 aromatic carbocycles. The van der Waals surface area contributed by atoms with Crippen LogP contribution in [0.2, 0.25) is 0 Å². The molecule has 0 heterocycles. The van der Waals surface area contributed by atoms with Gasteiger partial charge in [0.05, 0.1) is 11.1 Å². The number of allylic oxidation sites excluding steroid dienone is 1. The molecule has 0 N–H and O–H groups in total. The van der Waals surface area contributed by atoms with E-state index < -0.39 is 29.3 Å². The van der Waals surface area contributed by atoms with Crippen LogP contribution >= 0.6 is 27.7 Å². The summed E-state index contributed by atoms with van der Waals surface area (Å²) >= 11 is 3.80. The molecular formula is C17H9BrF6OS. The lowest BCUT2D eigenvalue weighted by atomic mass is 10.1. The van der Waals surface area contributed by atoms with Crippen LogP contribution in [0.4, 0.5) is 26.3 Å². The van der Waals surface area contributed by atoms with Gasteiger partial charge in [0.25, 0.3) is 0 Å². The minimum Gasteiger partial charge on any atom is -0.289 e. The Morgan fingerprint density at radius 1 is 0.885 bits per heavy atom. The van der Waals surface area contributed by atoms with Crippen LogP contribution in [-0.2, 0) is 12.4 Å². The summed E-state index contributed by atoms with van der Waals surface area (Å²) in [5.74, 6) is -0.423. The molecule has 0 saturated carbocycles. The SMILES string of the molecule is O=C(C=CSc1cc(C(F)(F)F)cc(C(F)(F)F)c1)c1ccc(Br)cc1. The standard InChI is InChI=1S/C17H9BrF6OS/c18-13-3-1-10(2-4-13)15(25)5-6-26-14-8-11(16(19,20)21)7-12(9-14)17(22,23)24/h1-9H. The molecule has 0 aromatic heterocycles. The summed E-state index contributed by atoms with van der Waals surface area (Å²) in [6.07, 6.45) is -8.73. The van der Waals surface area contributed by atoms with E-state index in [9.17, 15) is 31.1 Å². The van der Waals surface area contributed by atoms with E-state index in [4.69, 9.17) is 0 Å². The Morgan fingerprint density at radius 3 is 1.85 bits per heavy atom. The van der Waals surface area contributed by atoms with Crippen LogP contribution in [0.5, 0.6) is 0 Å². The van der Waals surface area contributed by atoms with Gasteiger partial charge in [0.15, 0.2) is 5.78 Å². The predicted molar refractivity (Wildman–Crippen MR) is 89.9 cm³/mol. The fourth-order valence-corrected chi connectivity index (χ4v) is 2.88. The van der Waals surface area contributed by atoms with E-state index in [2.05, 4.69) is 15.9 Å². The van der Waals surface area contributed by atoms with Crippen LogP contribution < -0.4 is 0 Å². The van der Waals surface area contributed by atoms with Gasteiger partial charge in [0.1, 0.15) is 0 Å². The third-order valence-corrected chi connectivity index (χ3v) is 4.42. The molecule has 26 heavy (non-hydrogen) atoms. The summed E-state index contributed by atoms with van der Waals surface area (Å²) in [5.41, 5.74) is -2.46. The number of halogens is 7. The maximum atomic E-state index is 12.8. The van der Waals surface area contributed by atoms with Crippen LogP contribution in [0.15, 0.2) is 63.3 Å². The van der Waals surface area contributed by atoms with E-state index in [0.29, 0.717) is 29.5 Å². The highest BCUT2D eigenvalue weighted by Gasteiger charge is 2.36. The molecule has 138 valence electrons. The fourth-order valence-electron chi connectivity index (χ4n) is 1.88. The number of carbonyl (C=O) groups excluding carboxylic acids is 1. The molecule has 0 bridgehead atoms. The van der Waals surface area contributed by atoms with Gasteiger partial charge in [-0.3, -0.25) is 4.79 Å². The van der Waals surface area contributed by atoms with Crippen molar-refractivity contribution in [2.75, 3.05) is 0 Å². The summed E-state index contributed by atoms with van der Waals surface area (Å²) < 4.78 is 77.5. The molecule has 0 amide bonds. The van der Waals surface area contributed by atoms with Crippen molar-refractivity contribution in [1.29, 1.82) is 0 Å². The molecule has 2 rings (SSSR count). The molecule has 0 unspecified atom stereocenters. The molecular weight excluding hydrogens is 446 g/mol. The molecule has 9 heteroatoms. The zero-order chi connectivity index (χ0) is 19.5. The molecule has 0 aliphatic carbocycles. The Morgan fingerprint density at radius 2 is 1.38 bits per heavy atom. The molecule has 0 saturated heterocycles. The number of hydrogen-bond acceptors (Lipinski definition) is 2. The van der Waals surface area contributed by atoms with Crippen LogP contribution in [0.1, 0.15) is 21.5 Å². The van der Waals surface area contributed by atoms with Crippen molar-refractivity contribution in [1.82, 2.24) is 0 Å². The van der Waals surface area contributed by atoms with Crippen LogP contribution in [-0.4, -0.2) is 5.78 Å². The van der Waals surface area contributed by atoms with Gasteiger partial charge in [-0.1, -0.05) is 27.7 Å². The van der Waals surface area contributed by atoms with Gasteiger partial charge < -0.3 is 0 Å². The monoisotopic (exact) mass is 454 g/mol. The number of alkyl halides is 6. The van der Waals surface area contributed by atoms with Gasteiger partial charge in [0, 0.05) is 14.9 Å². The summed E-state index contributed by atoms with van der Waals surface area (Å²) in [6.45, 7) is 0. The van der Waals surface area contributed by atoms with Crippen LogP contribution in [0, 0.1) is 0 Å². The summed E-state index contributed by atoms with van der Waals surface area (Å²) in [6, 6.07) is 7.61. The van der Waals surface area contributed by atoms with E-state index in [0.717, 1.165) is 16.0 Å². The fraction of sp³-hybridized carbons (Fsp3) is 0.118. The van der Waals surface area contributed by atoms with Crippen molar-refractivity contribution < 1.29 is 31.1 Å².